The van der Waals surface area contributed by atoms with Gasteiger partial charge in [-0.15, -0.1) is 0 Å². The summed E-state index contributed by atoms with van der Waals surface area (Å²) in [6, 6.07) is -0.0297. The number of nitrogens with two attached hydrogens (primary N) is 1. The molecule has 0 bridgehead atoms. The van der Waals surface area contributed by atoms with E-state index in [0.717, 1.165) is 0 Å². The van der Waals surface area contributed by atoms with Crippen LogP contribution in [0.15, 0.2) is 12.2 Å². The molecule has 0 aliphatic heterocycles. The van der Waals surface area contributed by atoms with Gasteiger partial charge in [0, 0.05) is 17.3 Å². The molecule has 5 heteroatoms. The zero-order valence-electron chi connectivity index (χ0n) is 9.72. The van der Waals surface area contributed by atoms with Gasteiger partial charge in [0.2, 0.25) is 5.91 Å². The van der Waals surface area contributed by atoms with Crippen molar-refractivity contribution in [2.45, 2.75) is 30.7 Å². The van der Waals surface area contributed by atoms with Gasteiger partial charge in [0.1, 0.15) is 0 Å². The molecule has 0 aromatic rings. The second kappa shape index (κ2) is 6.27. The third-order valence-electron chi connectivity index (χ3n) is 2.86. The molecule has 4 N–H and O–H groups in total. The van der Waals surface area contributed by atoms with Crippen LogP contribution in [0, 0.1) is 5.92 Å². The number of aliphatic hydroxyl groups is 1. The SMILES string of the molecule is CSC(CO)C(C)NC(=O)C1C=CC(N)C1. The standard InChI is InChI=1S/C11H20N2O2S/c1-7(10(6-14)16-2)13-11(15)8-3-4-9(12)5-8/h3-4,7-10,14H,5-6,12H2,1-2H3,(H,13,15). The first kappa shape index (κ1) is 13.5. The minimum absolute atomic E-state index is 0.000227. The Morgan fingerprint density at radius 2 is 2.38 bits per heavy atom. The number of amides is 1. The number of rotatable bonds is 5. The maximum Gasteiger partial charge on any atom is 0.227 e. The summed E-state index contributed by atoms with van der Waals surface area (Å²) in [5.74, 6) is -0.108. The summed E-state index contributed by atoms with van der Waals surface area (Å²) in [5.41, 5.74) is 5.69. The number of hydrogen-bond donors (Lipinski definition) is 3. The Bertz CT molecular complexity index is 267. The van der Waals surface area contributed by atoms with Crippen LogP contribution in [0.25, 0.3) is 0 Å². The van der Waals surface area contributed by atoms with Crippen molar-refractivity contribution in [1.82, 2.24) is 5.32 Å². The van der Waals surface area contributed by atoms with E-state index in [1.54, 1.807) is 11.8 Å². The van der Waals surface area contributed by atoms with E-state index in [4.69, 9.17) is 10.8 Å². The summed E-state index contributed by atoms with van der Waals surface area (Å²) in [6.07, 6.45) is 6.34. The second-order valence-electron chi connectivity index (χ2n) is 4.14. The van der Waals surface area contributed by atoms with Crippen molar-refractivity contribution in [2.24, 2.45) is 11.7 Å². The number of carbonyl (C=O) groups is 1. The summed E-state index contributed by atoms with van der Waals surface area (Å²) in [7, 11) is 0. The van der Waals surface area contributed by atoms with Crippen molar-refractivity contribution < 1.29 is 9.90 Å². The van der Waals surface area contributed by atoms with Crippen molar-refractivity contribution >= 4 is 17.7 Å². The zero-order chi connectivity index (χ0) is 12.1. The molecule has 4 nitrogen and oxygen atoms in total. The Morgan fingerprint density at radius 1 is 1.69 bits per heavy atom. The molecule has 0 saturated carbocycles. The smallest absolute Gasteiger partial charge is 0.227 e. The van der Waals surface area contributed by atoms with Crippen LogP contribution in [0.5, 0.6) is 0 Å². The minimum Gasteiger partial charge on any atom is -0.395 e. The summed E-state index contributed by atoms with van der Waals surface area (Å²) in [6.45, 7) is 1.98. The summed E-state index contributed by atoms with van der Waals surface area (Å²) in [5, 5.41) is 12.1. The highest BCUT2D eigenvalue weighted by molar-refractivity contribution is 7.99. The lowest BCUT2D eigenvalue weighted by Gasteiger charge is -2.22. The summed E-state index contributed by atoms with van der Waals surface area (Å²) < 4.78 is 0. The topological polar surface area (TPSA) is 75.3 Å². The molecule has 0 heterocycles. The van der Waals surface area contributed by atoms with E-state index >= 15 is 0 Å². The molecular formula is C11H20N2O2S. The molecule has 4 atom stereocenters. The first-order valence-electron chi connectivity index (χ1n) is 5.46. The van der Waals surface area contributed by atoms with Crippen LogP contribution in [0.4, 0.5) is 0 Å². The van der Waals surface area contributed by atoms with Crippen molar-refractivity contribution in [3.8, 4) is 0 Å². The molecule has 4 unspecified atom stereocenters. The maximum atomic E-state index is 11.8. The monoisotopic (exact) mass is 244 g/mol. The molecular weight excluding hydrogens is 224 g/mol. The maximum absolute atomic E-state index is 11.8. The number of nitrogens with one attached hydrogen (secondary N) is 1. The minimum atomic E-state index is -0.112. The fourth-order valence-corrected chi connectivity index (χ4v) is 2.41. The molecule has 0 fully saturated rings. The second-order valence-corrected chi connectivity index (χ2v) is 5.22. The predicted octanol–water partition coefficient (Wildman–Crippen LogP) is 0.118. The summed E-state index contributed by atoms with van der Waals surface area (Å²) in [4.78, 5) is 11.8. The third kappa shape index (κ3) is 3.50. The molecule has 0 saturated heterocycles. The number of hydrogen-bond acceptors (Lipinski definition) is 4. The van der Waals surface area contributed by atoms with E-state index in [-0.39, 0.29) is 35.8 Å². The number of carbonyl (C=O) groups excluding carboxylic acids is 1. The van der Waals surface area contributed by atoms with Gasteiger partial charge in [-0.05, 0) is 19.6 Å². The van der Waals surface area contributed by atoms with Gasteiger partial charge in [-0.1, -0.05) is 12.2 Å². The van der Waals surface area contributed by atoms with Crippen molar-refractivity contribution in [2.75, 3.05) is 12.9 Å². The Hall–Kier alpha value is -0.520. The lowest BCUT2D eigenvalue weighted by atomic mass is 10.1. The van der Waals surface area contributed by atoms with Gasteiger partial charge in [-0.2, -0.15) is 11.8 Å². The lowest BCUT2D eigenvalue weighted by molar-refractivity contribution is -0.124. The Morgan fingerprint density at radius 3 is 2.81 bits per heavy atom. The molecule has 1 aliphatic rings. The zero-order valence-corrected chi connectivity index (χ0v) is 10.5. The van der Waals surface area contributed by atoms with E-state index < -0.39 is 0 Å². The normalized spacial score (nSPS) is 27.8. The first-order chi connectivity index (χ1) is 7.58. The van der Waals surface area contributed by atoms with Gasteiger partial charge >= 0.3 is 0 Å². The average molecular weight is 244 g/mol. The molecule has 0 aromatic carbocycles. The highest BCUT2D eigenvalue weighted by Gasteiger charge is 2.25. The highest BCUT2D eigenvalue weighted by Crippen LogP contribution is 2.17. The Balaban J connectivity index is 2.42. The van der Waals surface area contributed by atoms with Crippen molar-refractivity contribution in [3.05, 3.63) is 12.2 Å². The van der Waals surface area contributed by atoms with Crippen LogP contribution >= 0.6 is 11.8 Å². The van der Waals surface area contributed by atoms with Gasteiger partial charge in [0.25, 0.3) is 0 Å². The van der Waals surface area contributed by atoms with Crippen LogP contribution in [-0.2, 0) is 4.79 Å². The quantitative estimate of drug-likeness (QED) is 0.600. The summed E-state index contributed by atoms with van der Waals surface area (Å²) >= 11 is 1.56. The molecule has 92 valence electrons. The van der Waals surface area contributed by atoms with E-state index in [1.165, 1.54) is 0 Å². The van der Waals surface area contributed by atoms with Crippen LogP contribution in [-0.4, -0.2) is 41.2 Å². The molecule has 0 radical (unpaired) electrons. The lowest BCUT2D eigenvalue weighted by Crippen LogP contribution is -2.43. The fourth-order valence-electron chi connectivity index (χ4n) is 1.78. The molecule has 16 heavy (non-hydrogen) atoms. The van der Waals surface area contributed by atoms with Crippen molar-refractivity contribution in [1.29, 1.82) is 0 Å². The molecule has 1 amide bonds. The van der Waals surface area contributed by atoms with Gasteiger partial charge in [-0.3, -0.25) is 4.79 Å². The molecule has 0 aromatic heterocycles. The first-order valence-corrected chi connectivity index (χ1v) is 6.75. The van der Waals surface area contributed by atoms with E-state index in [0.29, 0.717) is 6.42 Å². The number of aliphatic hydroxyl groups excluding tert-OH is 1. The third-order valence-corrected chi connectivity index (χ3v) is 4.03. The largest absolute Gasteiger partial charge is 0.395 e. The molecule has 0 spiro atoms. The van der Waals surface area contributed by atoms with Gasteiger partial charge < -0.3 is 16.2 Å². The van der Waals surface area contributed by atoms with E-state index in [2.05, 4.69) is 5.32 Å². The van der Waals surface area contributed by atoms with E-state index in [1.807, 2.05) is 25.3 Å². The van der Waals surface area contributed by atoms with Crippen LogP contribution in [0.2, 0.25) is 0 Å². The average Bonchev–Trinajstić information content (AvgIpc) is 2.66. The highest BCUT2D eigenvalue weighted by atomic mass is 32.2. The van der Waals surface area contributed by atoms with Gasteiger partial charge in [-0.25, -0.2) is 0 Å². The molecule has 1 aliphatic carbocycles. The van der Waals surface area contributed by atoms with Crippen LogP contribution in [0.1, 0.15) is 13.3 Å². The predicted molar refractivity (Wildman–Crippen MR) is 67.2 cm³/mol. The fraction of sp³-hybridized carbons (Fsp3) is 0.727. The van der Waals surface area contributed by atoms with Crippen LogP contribution < -0.4 is 11.1 Å². The van der Waals surface area contributed by atoms with Crippen molar-refractivity contribution in [3.63, 3.8) is 0 Å². The number of thioether (sulfide) groups is 1. The Kier molecular flexibility index (Phi) is 5.31. The van der Waals surface area contributed by atoms with Crippen LogP contribution in [0.3, 0.4) is 0 Å². The van der Waals surface area contributed by atoms with Gasteiger partial charge in [0.15, 0.2) is 0 Å². The van der Waals surface area contributed by atoms with Gasteiger partial charge in [0.05, 0.1) is 12.5 Å². The van der Waals surface area contributed by atoms with E-state index in [9.17, 15) is 4.79 Å². The Labute approximate surface area is 101 Å². The molecule has 1 rings (SSSR count).